The van der Waals surface area contributed by atoms with Crippen LogP contribution in [0.25, 0.3) is 10.9 Å². The average molecular weight is 321 g/mol. The number of carbonyl (C=O) groups is 1. The molecular weight excluding hydrogens is 298 g/mol. The molecule has 1 heterocycles. The van der Waals surface area contributed by atoms with Gasteiger partial charge in [0.05, 0.1) is 6.42 Å². The van der Waals surface area contributed by atoms with Gasteiger partial charge >= 0.3 is 0 Å². The number of aromatic nitrogens is 1. The summed E-state index contributed by atoms with van der Waals surface area (Å²) in [5, 5.41) is 7.42. The molecule has 0 unspecified atom stereocenters. The topological polar surface area (TPSA) is 56.9 Å². The Balaban J connectivity index is 1.60. The van der Waals surface area contributed by atoms with Crippen molar-refractivity contribution in [1.82, 2.24) is 4.98 Å². The Morgan fingerprint density at radius 2 is 1.75 bits per heavy atom. The van der Waals surface area contributed by atoms with Crippen molar-refractivity contribution in [2.45, 2.75) is 20.3 Å². The van der Waals surface area contributed by atoms with Crippen LogP contribution in [0.15, 0.2) is 54.7 Å². The Morgan fingerprint density at radius 1 is 1.04 bits per heavy atom. The summed E-state index contributed by atoms with van der Waals surface area (Å²) < 4.78 is 0. The SMILES string of the molecule is CC(C)CNc1ccc(NC(=O)Cc2c[nH]c3ccccc23)cc1. The molecule has 2 aromatic carbocycles. The van der Waals surface area contributed by atoms with Crippen LogP contribution in [0.4, 0.5) is 11.4 Å². The number of nitrogens with one attached hydrogen (secondary N) is 3. The van der Waals surface area contributed by atoms with E-state index in [1.807, 2.05) is 54.7 Å². The van der Waals surface area contributed by atoms with Gasteiger partial charge in [-0.1, -0.05) is 32.0 Å². The highest BCUT2D eigenvalue weighted by Crippen LogP contribution is 2.19. The van der Waals surface area contributed by atoms with Crippen LogP contribution in [0, 0.1) is 5.92 Å². The highest BCUT2D eigenvalue weighted by atomic mass is 16.1. The Morgan fingerprint density at radius 3 is 2.50 bits per heavy atom. The van der Waals surface area contributed by atoms with Crippen molar-refractivity contribution >= 4 is 28.2 Å². The van der Waals surface area contributed by atoms with Gasteiger partial charge in [0, 0.05) is 35.0 Å². The third-order valence-electron chi connectivity index (χ3n) is 3.91. The Bertz CT molecular complexity index is 818. The molecule has 0 atom stereocenters. The molecule has 4 heteroatoms. The molecule has 0 aliphatic heterocycles. The molecule has 0 radical (unpaired) electrons. The number of benzene rings is 2. The van der Waals surface area contributed by atoms with Gasteiger partial charge in [-0.25, -0.2) is 0 Å². The number of rotatable bonds is 6. The lowest BCUT2D eigenvalue weighted by atomic mass is 10.1. The maximum absolute atomic E-state index is 12.3. The lowest BCUT2D eigenvalue weighted by Gasteiger charge is -2.10. The molecule has 0 bridgehead atoms. The predicted octanol–water partition coefficient (Wildman–Crippen LogP) is 4.42. The minimum atomic E-state index is -0.0114. The molecule has 0 fully saturated rings. The number of H-pyrrole nitrogens is 1. The van der Waals surface area contributed by atoms with Gasteiger partial charge in [0.1, 0.15) is 0 Å². The molecule has 0 aliphatic carbocycles. The number of hydrogen-bond acceptors (Lipinski definition) is 2. The van der Waals surface area contributed by atoms with Crippen molar-refractivity contribution < 1.29 is 4.79 Å². The second-order valence-electron chi connectivity index (χ2n) is 6.44. The maximum atomic E-state index is 12.3. The quantitative estimate of drug-likeness (QED) is 0.629. The standard InChI is InChI=1S/C20H23N3O/c1-14(2)12-21-16-7-9-17(10-8-16)23-20(24)11-15-13-22-19-6-4-3-5-18(15)19/h3-10,13-14,21-22H,11-12H2,1-2H3,(H,23,24). The van der Waals surface area contributed by atoms with Crippen molar-refractivity contribution in [2.75, 3.05) is 17.2 Å². The minimum Gasteiger partial charge on any atom is -0.385 e. The van der Waals surface area contributed by atoms with E-state index in [1.165, 1.54) is 0 Å². The molecule has 24 heavy (non-hydrogen) atoms. The van der Waals surface area contributed by atoms with Crippen molar-refractivity contribution in [1.29, 1.82) is 0 Å². The number of carbonyl (C=O) groups excluding carboxylic acids is 1. The van der Waals surface area contributed by atoms with Crippen molar-refractivity contribution in [2.24, 2.45) is 5.92 Å². The fourth-order valence-corrected chi connectivity index (χ4v) is 2.65. The van der Waals surface area contributed by atoms with Gasteiger partial charge < -0.3 is 15.6 Å². The van der Waals surface area contributed by atoms with E-state index in [1.54, 1.807) is 0 Å². The molecule has 3 N–H and O–H groups in total. The van der Waals surface area contributed by atoms with Crippen LogP contribution < -0.4 is 10.6 Å². The number of aromatic amines is 1. The average Bonchev–Trinajstić information content (AvgIpc) is 2.97. The van der Waals surface area contributed by atoms with Crippen LogP contribution in [0.2, 0.25) is 0 Å². The first-order chi connectivity index (χ1) is 11.6. The highest BCUT2D eigenvalue weighted by molar-refractivity contribution is 5.95. The van der Waals surface area contributed by atoms with Crippen molar-refractivity contribution in [3.63, 3.8) is 0 Å². The van der Waals surface area contributed by atoms with E-state index < -0.39 is 0 Å². The van der Waals surface area contributed by atoms with Crippen LogP contribution in [-0.4, -0.2) is 17.4 Å². The first-order valence-corrected chi connectivity index (χ1v) is 8.30. The maximum Gasteiger partial charge on any atom is 0.228 e. The lowest BCUT2D eigenvalue weighted by Crippen LogP contribution is -2.14. The Hall–Kier alpha value is -2.75. The third kappa shape index (κ3) is 3.96. The molecule has 0 spiro atoms. The Kier molecular flexibility index (Phi) is 4.85. The van der Waals surface area contributed by atoms with E-state index in [0.29, 0.717) is 12.3 Å². The van der Waals surface area contributed by atoms with Gasteiger partial charge in [-0.2, -0.15) is 0 Å². The highest BCUT2D eigenvalue weighted by Gasteiger charge is 2.09. The predicted molar refractivity (Wildman–Crippen MR) is 100 cm³/mol. The fraction of sp³-hybridized carbons (Fsp3) is 0.250. The number of amides is 1. The van der Waals surface area contributed by atoms with Crippen molar-refractivity contribution in [3.8, 4) is 0 Å². The van der Waals surface area contributed by atoms with Gasteiger partial charge in [-0.15, -0.1) is 0 Å². The summed E-state index contributed by atoms with van der Waals surface area (Å²) in [6, 6.07) is 15.8. The van der Waals surface area contributed by atoms with Gasteiger partial charge in [-0.05, 0) is 41.8 Å². The van der Waals surface area contributed by atoms with E-state index in [2.05, 4.69) is 29.5 Å². The van der Waals surface area contributed by atoms with E-state index in [4.69, 9.17) is 0 Å². The van der Waals surface area contributed by atoms with Crippen LogP contribution in [0.5, 0.6) is 0 Å². The fourth-order valence-electron chi connectivity index (χ4n) is 2.65. The van der Waals surface area contributed by atoms with E-state index >= 15 is 0 Å². The van der Waals surface area contributed by atoms with Crippen LogP contribution in [0.3, 0.4) is 0 Å². The molecule has 1 amide bonds. The molecule has 1 aromatic heterocycles. The summed E-state index contributed by atoms with van der Waals surface area (Å²) in [7, 11) is 0. The van der Waals surface area contributed by atoms with Crippen LogP contribution in [-0.2, 0) is 11.2 Å². The summed E-state index contributed by atoms with van der Waals surface area (Å²) in [5.41, 5.74) is 3.95. The molecule has 0 aliphatic rings. The van der Waals surface area contributed by atoms with Crippen LogP contribution in [0.1, 0.15) is 19.4 Å². The lowest BCUT2D eigenvalue weighted by molar-refractivity contribution is -0.115. The summed E-state index contributed by atoms with van der Waals surface area (Å²) in [6.45, 7) is 5.28. The molecule has 0 saturated heterocycles. The zero-order chi connectivity index (χ0) is 16.9. The monoisotopic (exact) mass is 321 g/mol. The Labute approximate surface area is 142 Å². The second-order valence-corrected chi connectivity index (χ2v) is 6.44. The number of anilines is 2. The first-order valence-electron chi connectivity index (χ1n) is 8.30. The van der Waals surface area contributed by atoms with Gasteiger partial charge in [0.25, 0.3) is 0 Å². The summed E-state index contributed by atoms with van der Waals surface area (Å²) >= 11 is 0. The summed E-state index contributed by atoms with van der Waals surface area (Å²) in [4.78, 5) is 15.5. The molecule has 3 aromatic rings. The molecular formula is C20H23N3O. The zero-order valence-electron chi connectivity index (χ0n) is 14.1. The van der Waals surface area contributed by atoms with Gasteiger partial charge in [-0.3, -0.25) is 4.79 Å². The van der Waals surface area contributed by atoms with Crippen molar-refractivity contribution in [3.05, 3.63) is 60.3 Å². The molecule has 3 rings (SSSR count). The number of para-hydroxylation sites is 1. The van der Waals surface area contributed by atoms with E-state index in [-0.39, 0.29) is 5.91 Å². The zero-order valence-corrected chi connectivity index (χ0v) is 14.1. The summed E-state index contributed by atoms with van der Waals surface area (Å²) in [6.07, 6.45) is 2.26. The third-order valence-corrected chi connectivity index (χ3v) is 3.91. The smallest absolute Gasteiger partial charge is 0.228 e. The van der Waals surface area contributed by atoms with Gasteiger partial charge in [0.2, 0.25) is 5.91 Å². The first kappa shape index (κ1) is 16.1. The number of fused-ring (bicyclic) bond motifs is 1. The summed E-state index contributed by atoms with van der Waals surface area (Å²) in [5.74, 6) is 0.586. The van der Waals surface area contributed by atoms with Crippen LogP contribution >= 0.6 is 0 Å². The molecule has 0 saturated carbocycles. The number of hydrogen-bond donors (Lipinski definition) is 3. The molecule has 124 valence electrons. The van der Waals surface area contributed by atoms with E-state index in [0.717, 1.165) is 34.4 Å². The van der Waals surface area contributed by atoms with Gasteiger partial charge in [0.15, 0.2) is 0 Å². The van der Waals surface area contributed by atoms with E-state index in [9.17, 15) is 4.79 Å². The largest absolute Gasteiger partial charge is 0.385 e. The molecule has 4 nitrogen and oxygen atoms in total. The second kappa shape index (κ2) is 7.21. The normalized spacial score (nSPS) is 11.0. The minimum absolute atomic E-state index is 0.0114.